The summed E-state index contributed by atoms with van der Waals surface area (Å²) in [5.74, 6) is 0.617. The highest BCUT2D eigenvalue weighted by atomic mass is 32.1. The number of thiophene rings is 1. The van der Waals surface area contributed by atoms with Gasteiger partial charge in [0.2, 0.25) is 5.91 Å². The molecule has 3 rings (SSSR count). The second-order valence-corrected chi connectivity index (χ2v) is 7.25. The predicted octanol–water partition coefficient (Wildman–Crippen LogP) is 4.82. The number of carbonyl (C=O) groups excluding carboxylic acids is 1. The predicted molar refractivity (Wildman–Crippen MR) is 93.7 cm³/mol. The molecular formula is C16H17N3O2S2. The van der Waals surface area contributed by atoms with Crippen molar-refractivity contribution in [2.75, 3.05) is 5.32 Å². The third-order valence-electron chi connectivity index (χ3n) is 3.52. The van der Waals surface area contributed by atoms with Crippen molar-refractivity contribution in [1.29, 1.82) is 0 Å². The van der Waals surface area contributed by atoms with E-state index in [-0.39, 0.29) is 11.8 Å². The average Bonchev–Trinajstić information content (AvgIpc) is 3.25. The van der Waals surface area contributed by atoms with Crippen molar-refractivity contribution in [3.63, 3.8) is 0 Å². The van der Waals surface area contributed by atoms with Crippen molar-refractivity contribution in [3.05, 3.63) is 29.3 Å². The molecule has 0 aliphatic rings. The molecule has 1 amide bonds. The molecule has 0 aliphatic carbocycles. The van der Waals surface area contributed by atoms with Crippen LogP contribution >= 0.6 is 22.7 Å². The van der Waals surface area contributed by atoms with Crippen molar-refractivity contribution in [1.82, 2.24) is 10.1 Å². The molecule has 3 aromatic heterocycles. The van der Waals surface area contributed by atoms with E-state index in [4.69, 9.17) is 4.52 Å². The summed E-state index contributed by atoms with van der Waals surface area (Å²) in [6, 6.07) is 5.86. The molecule has 0 fully saturated rings. The average molecular weight is 347 g/mol. The molecule has 5 nitrogen and oxygen atoms in total. The molecule has 0 saturated carbocycles. The smallest absolute Gasteiger partial charge is 0.228 e. The van der Waals surface area contributed by atoms with Crippen LogP contribution < -0.4 is 5.32 Å². The topological polar surface area (TPSA) is 68.0 Å². The number of aromatic nitrogens is 2. The Balaban J connectivity index is 1.99. The molecule has 3 heterocycles. The lowest BCUT2D eigenvalue weighted by molar-refractivity contribution is -0.119. The monoisotopic (exact) mass is 347 g/mol. The second kappa shape index (κ2) is 6.64. The maximum atomic E-state index is 12.1. The second-order valence-electron chi connectivity index (χ2n) is 5.31. The summed E-state index contributed by atoms with van der Waals surface area (Å²) in [7, 11) is 0. The molecule has 0 aromatic carbocycles. The van der Waals surface area contributed by atoms with Gasteiger partial charge in [-0.05, 0) is 24.8 Å². The van der Waals surface area contributed by atoms with Crippen LogP contribution in [-0.4, -0.2) is 16.0 Å². The van der Waals surface area contributed by atoms with Crippen molar-refractivity contribution in [2.45, 2.75) is 27.2 Å². The molecule has 1 atom stereocenters. The van der Waals surface area contributed by atoms with Crippen LogP contribution in [0.15, 0.2) is 28.1 Å². The largest absolute Gasteiger partial charge is 0.355 e. The lowest BCUT2D eigenvalue weighted by Crippen LogP contribution is -2.19. The fraction of sp³-hybridized carbons (Fsp3) is 0.312. The Kier molecular flexibility index (Phi) is 4.58. The first kappa shape index (κ1) is 15.9. The molecule has 120 valence electrons. The number of rotatable bonds is 5. The number of carbonyl (C=O) groups is 1. The van der Waals surface area contributed by atoms with E-state index in [0.29, 0.717) is 10.9 Å². The van der Waals surface area contributed by atoms with Gasteiger partial charge in [0, 0.05) is 12.0 Å². The van der Waals surface area contributed by atoms with E-state index >= 15 is 0 Å². The van der Waals surface area contributed by atoms with Crippen LogP contribution in [0.2, 0.25) is 0 Å². The summed E-state index contributed by atoms with van der Waals surface area (Å²) >= 11 is 3.01. The van der Waals surface area contributed by atoms with Gasteiger partial charge in [-0.25, -0.2) is 4.98 Å². The van der Waals surface area contributed by atoms with Crippen LogP contribution in [0, 0.1) is 12.8 Å². The van der Waals surface area contributed by atoms with E-state index in [1.807, 2.05) is 44.4 Å². The standard InChI is InChI=1S/C16H17N3O2S2/c1-4-9(2)15(20)18-16-17-13(12-6-5-7-22-12)14(23-16)11-8-10(3)19-21-11/h5-9H,4H2,1-3H3,(H,17,18,20). The summed E-state index contributed by atoms with van der Waals surface area (Å²) in [5, 5.41) is 9.44. The Morgan fingerprint density at radius 2 is 2.30 bits per heavy atom. The van der Waals surface area contributed by atoms with Crippen LogP contribution in [-0.2, 0) is 4.79 Å². The molecule has 0 spiro atoms. The zero-order valence-corrected chi connectivity index (χ0v) is 14.8. The van der Waals surface area contributed by atoms with Gasteiger partial charge in [-0.3, -0.25) is 4.79 Å². The molecule has 3 aromatic rings. The molecule has 23 heavy (non-hydrogen) atoms. The quantitative estimate of drug-likeness (QED) is 0.718. The highest BCUT2D eigenvalue weighted by Gasteiger charge is 2.21. The zero-order chi connectivity index (χ0) is 16.4. The van der Waals surface area contributed by atoms with Crippen LogP contribution in [0.4, 0.5) is 5.13 Å². The van der Waals surface area contributed by atoms with E-state index in [1.54, 1.807) is 11.3 Å². The van der Waals surface area contributed by atoms with Gasteiger partial charge >= 0.3 is 0 Å². The fourth-order valence-corrected chi connectivity index (χ4v) is 3.72. The van der Waals surface area contributed by atoms with E-state index in [9.17, 15) is 4.79 Å². The van der Waals surface area contributed by atoms with Gasteiger partial charge in [0.1, 0.15) is 10.6 Å². The third kappa shape index (κ3) is 3.35. The van der Waals surface area contributed by atoms with Crippen molar-refractivity contribution < 1.29 is 9.32 Å². The summed E-state index contributed by atoms with van der Waals surface area (Å²) in [6.07, 6.45) is 0.795. The number of aryl methyl sites for hydroxylation is 1. The first-order valence-corrected chi connectivity index (χ1v) is 9.07. The van der Waals surface area contributed by atoms with Crippen LogP contribution in [0.25, 0.3) is 21.2 Å². The van der Waals surface area contributed by atoms with Crippen molar-refractivity contribution in [2.24, 2.45) is 5.92 Å². The number of thiazole rings is 1. The highest BCUT2D eigenvalue weighted by molar-refractivity contribution is 7.20. The minimum atomic E-state index is -0.0416. The fourth-order valence-electron chi connectivity index (χ4n) is 2.01. The van der Waals surface area contributed by atoms with Gasteiger partial charge in [-0.2, -0.15) is 0 Å². The van der Waals surface area contributed by atoms with Gasteiger partial charge in [0.25, 0.3) is 0 Å². The number of anilines is 1. The van der Waals surface area contributed by atoms with Crippen molar-refractivity contribution in [3.8, 4) is 21.2 Å². The lowest BCUT2D eigenvalue weighted by Gasteiger charge is -2.06. The Morgan fingerprint density at radius 3 is 2.91 bits per heavy atom. The van der Waals surface area contributed by atoms with Crippen molar-refractivity contribution >= 4 is 33.7 Å². The maximum Gasteiger partial charge on any atom is 0.228 e. The van der Waals surface area contributed by atoms with Crippen LogP contribution in [0.1, 0.15) is 26.0 Å². The van der Waals surface area contributed by atoms with Gasteiger partial charge in [-0.15, -0.1) is 11.3 Å². The van der Waals surface area contributed by atoms with Crippen LogP contribution in [0.3, 0.4) is 0 Å². The molecule has 0 radical (unpaired) electrons. The summed E-state index contributed by atoms with van der Waals surface area (Å²) in [6.45, 7) is 5.78. The maximum absolute atomic E-state index is 12.1. The Bertz CT molecular complexity index is 805. The number of nitrogens with zero attached hydrogens (tertiary/aromatic N) is 2. The lowest BCUT2D eigenvalue weighted by atomic mass is 10.1. The summed E-state index contributed by atoms with van der Waals surface area (Å²) in [4.78, 5) is 18.6. The first-order chi connectivity index (χ1) is 11.1. The summed E-state index contributed by atoms with van der Waals surface area (Å²) < 4.78 is 5.39. The summed E-state index contributed by atoms with van der Waals surface area (Å²) in [5.41, 5.74) is 1.64. The molecule has 1 unspecified atom stereocenters. The molecule has 0 saturated heterocycles. The normalized spacial score (nSPS) is 12.3. The number of hydrogen-bond donors (Lipinski definition) is 1. The Morgan fingerprint density at radius 1 is 1.48 bits per heavy atom. The van der Waals surface area contributed by atoms with E-state index in [2.05, 4.69) is 15.5 Å². The van der Waals surface area contributed by atoms with Gasteiger partial charge < -0.3 is 9.84 Å². The highest BCUT2D eigenvalue weighted by Crippen LogP contribution is 2.40. The first-order valence-electron chi connectivity index (χ1n) is 7.37. The van der Waals surface area contributed by atoms with E-state index < -0.39 is 0 Å². The van der Waals surface area contributed by atoms with Gasteiger partial charge in [0.15, 0.2) is 10.9 Å². The van der Waals surface area contributed by atoms with Gasteiger partial charge in [0.05, 0.1) is 10.6 Å². The van der Waals surface area contributed by atoms with Gasteiger partial charge in [-0.1, -0.05) is 36.4 Å². The zero-order valence-electron chi connectivity index (χ0n) is 13.1. The minimum absolute atomic E-state index is 0.0146. The Hall–Kier alpha value is -1.99. The molecule has 0 aliphatic heterocycles. The number of hydrogen-bond acceptors (Lipinski definition) is 6. The SMILES string of the molecule is CCC(C)C(=O)Nc1nc(-c2cccs2)c(-c2cc(C)no2)s1. The molecular weight excluding hydrogens is 330 g/mol. The Labute approximate surface area is 142 Å². The molecule has 7 heteroatoms. The van der Waals surface area contributed by atoms with Crippen LogP contribution in [0.5, 0.6) is 0 Å². The third-order valence-corrected chi connectivity index (χ3v) is 5.39. The van der Waals surface area contributed by atoms with E-state index in [0.717, 1.165) is 27.6 Å². The number of nitrogens with one attached hydrogen (secondary N) is 1. The minimum Gasteiger partial charge on any atom is -0.355 e. The van der Waals surface area contributed by atoms with E-state index in [1.165, 1.54) is 11.3 Å². The molecule has 1 N–H and O–H groups in total. The molecule has 0 bridgehead atoms. The number of amides is 1.